The van der Waals surface area contributed by atoms with E-state index < -0.39 is 0 Å². The predicted molar refractivity (Wildman–Crippen MR) is 110 cm³/mol. The Labute approximate surface area is 169 Å². The number of hydrogen-bond acceptors (Lipinski definition) is 4. The molecule has 3 aromatic rings. The van der Waals surface area contributed by atoms with Crippen LogP contribution in [0.5, 0.6) is 5.75 Å². The Morgan fingerprint density at radius 2 is 1.79 bits per heavy atom. The van der Waals surface area contributed by atoms with Gasteiger partial charge in [0.1, 0.15) is 11.6 Å². The van der Waals surface area contributed by atoms with Crippen LogP contribution in [0.1, 0.15) is 10.5 Å². The zero-order valence-corrected chi connectivity index (χ0v) is 16.5. The maximum atomic E-state index is 14.0. The summed E-state index contributed by atoms with van der Waals surface area (Å²) in [5, 5.41) is 4.42. The summed E-state index contributed by atoms with van der Waals surface area (Å²) in [7, 11) is 3.44. The van der Waals surface area contributed by atoms with Gasteiger partial charge < -0.3 is 14.5 Å². The summed E-state index contributed by atoms with van der Waals surface area (Å²) in [6.45, 7) is 2.22. The predicted octanol–water partition coefficient (Wildman–Crippen LogP) is 3.20. The molecule has 1 saturated heterocycles. The monoisotopic (exact) mass is 394 g/mol. The quantitative estimate of drug-likeness (QED) is 0.682. The van der Waals surface area contributed by atoms with Crippen LogP contribution in [0.25, 0.3) is 11.3 Å². The number of para-hydroxylation sites is 1. The highest BCUT2D eigenvalue weighted by atomic mass is 19.1. The molecule has 0 spiro atoms. The Morgan fingerprint density at radius 3 is 2.52 bits per heavy atom. The maximum Gasteiger partial charge on any atom is 0.274 e. The van der Waals surface area contributed by atoms with Crippen molar-refractivity contribution in [2.24, 2.45) is 7.05 Å². The summed E-state index contributed by atoms with van der Waals surface area (Å²) < 4.78 is 21.0. The van der Waals surface area contributed by atoms with Crippen molar-refractivity contribution in [3.05, 3.63) is 66.1 Å². The number of halogens is 1. The number of benzene rings is 2. The third-order valence-electron chi connectivity index (χ3n) is 5.22. The Kier molecular flexibility index (Phi) is 5.20. The minimum atomic E-state index is -0.236. The van der Waals surface area contributed by atoms with Gasteiger partial charge in [-0.1, -0.05) is 24.3 Å². The average Bonchev–Trinajstić information content (AvgIpc) is 3.15. The molecule has 0 N–H and O–H groups in total. The van der Waals surface area contributed by atoms with Gasteiger partial charge in [-0.2, -0.15) is 5.10 Å². The van der Waals surface area contributed by atoms with Crippen LogP contribution in [0.2, 0.25) is 0 Å². The van der Waals surface area contributed by atoms with E-state index in [1.54, 1.807) is 34.9 Å². The molecule has 1 aromatic heterocycles. The van der Waals surface area contributed by atoms with Crippen LogP contribution in [0.15, 0.2) is 54.6 Å². The molecule has 4 rings (SSSR count). The molecule has 0 aliphatic carbocycles. The van der Waals surface area contributed by atoms with Crippen molar-refractivity contribution in [2.45, 2.75) is 0 Å². The van der Waals surface area contributed by atoms with Crippen molar-refractivity contribution in [1.82, 2.24) is 14.7 Å². The summed E-state index contributed by atoms with van der Waals surface area (Å²) in [5.41, 5.74) is 2.77. The number of anilines is 1. The molecule has 7 heteroatoms. The Hall–Kier alpha value is -3.35. The van der Waals surface area contributed by atoms with Crippen molar-refractivity contribution < 1.29 is 13.9 Å². The largest absolute Gasteiger partial charge is 0.497 e. The number of aryl methyl sites for hydroxylation is 1. The standard InChI is InChI=1S/C22H23FN4O2/c1-25-21(16-6-5-7-17(14-16)29-2)15-19(24-25)22(28)27-12-10-26(11-13-27)20-9-4-3-8-18(20)23/h3-9,14-15H,10-13H2,1-2H3. The Balaban J connectivity index is 1.48. The van der Waals surface area contributed by atoms with E-state index in [9.17, 15) is 9.18 Å². The third-order valence-corrected chi connectivity index (χ3v) is 5.22. The summed E-state index contributed by atoms with van der Waals surface area (Å²) >= 11 is 0. The normalized spacial score (nSPS) is 14.2. The maximum absolute atomic E-state index is 14.0. The molecule has 6 nitrogen and oxygen atoms in total. The van der Waals surface area contributed by atoms with Gasteiger partial charge in [0.25, 0.3) is 5.91 Å². The number of amides is 1. The number of carbonyl (C=O) groups is 1. The minimum Gasteiger partial charge on any atom is -0.497 e. The molecule has 1 amide bonds. The molecule has 0 atom stereocenters. The Bertz CT molecular complexity index is 1030. The summed E-state index contributed by atoms with van der Waals surface area (Å²) in [5.74, 6) is 0.406. The van der Waals surface area contributed by atoms with Gasteiger partial charge in [-0.05, 0) is 30.3 Å². The first kappa shape index (κ1) is 19.0. The lowest BCUT2D eigenvalue weighted by molar-refractivity contribution is 0.0740. The fourth-order valence-electron chi connectivity index (χ4n) is 3.64. The SMILES string of the molecule is COc1cccc(-c2cc(C(=O)N3CCN(c4ccccc4F)CC3)nn2C)c1. The second-order valence-corrected chi connectivity index (χ2v) is 7.00. The fourth-order valence-corrected chi connectivity index (χ4v) is 3.64. The lowest BCUT2D eigenvalue weighted by Crippen LogP contribution is -2.49. The number of piperazine rings is 1. The third kappa shape index (κ3) is 3.81. The van der Waals surface area contributed by atoms with Gasteiger partial charge in [-0.3, -0.25) is 9.48 Å². The Morgan fingerprint density at radius 1 is 1.03 bits per heavy atom. The van der Waals surface area contributed by atoms with Gasteiger partial charge in [0.05, 0.1) is 18.5 Å². The number of hydrogen-bond donors (Lipinski definition) is 0. The van der Waals surface area contributed by atoms with Gasteiger partial charge in [-0.15, -0.1) is 0 Å². The van der Waals surface area contributed by atoms with Crippen LogP contribution in [0.3, 0.4) is 0 Å². The van der Waals surface area contributed by atoms with E-state index in [-0.39, 0.29) is 11.7 Å². The lowest BCUT2D eigenvalue weighted by atomic mass is 10.1. The van der Waals surface area contributed by atoms with Crippen molar-refractivity contribution >= 4 is 11.6 Å². The zero-order chi connectivity index (χ0) is 20.4. The van der Waals surface area contributed by atoms with E-state index in [1.165, 1.54) is 6.07 Å². The van der Waals surface area contributed by atoms with E-state index in [0.29, 0.717) is 37.6 Å². The highest BCUT2D eigenvalue weighted by Crippen LogP contribution is 2.25. The fraction of sp³-hybridized carbons (Fsp3) is 0.273. The van der Waals surface area contributed by atoms with Crippen LogP contribution in [-0.2, 0) is 7.05 Å². The van der Waals surface area contributed by atoms with Crippen LogP contribution in [-0.4, -0.2) is 53.9 Å². The number of carbonyl (C=O) groups excluding carboxylic acids is 1. The molecule has 1 fully saturated rings. The molecule has 1 aliphatic heterocycles. The topological polar surface area (TPSA) is 50.6 Å². The van der Waals surface area contributed by atoms with Crippen molar-refractivity contribution in [3.63, 3.8) is 0 Å². The minimum absolute atomic E-state index is 0.108. The van der Waals surface area contributed by atoms with Gasteiger partial charge in [0.2, 0.25) is 0 Å². The molecule has 0 saturated carbocycles. The van der Waals surface area contributed by atoms with Gasteiger partial charge >= 0.3 is 0 Å². The van der Waals surface area contributed by atoms with Crippen LogP contribution >= 0.6 is 0 Å². The molecule has 1 aliphatic rings. The number of rotatable bonds is 4. The van der Waals surface area contributed by atoms with E-state index in [0.717, 1.165) is 17.0 Å². The molecule has 2 aromatic carbocycles. The van der Waals surface area contributed by atoms with Crippen molar-refractivity contribution in [3.8, 4) is 17.0 Å². The molecule has 2 heterocycles. The van der Waals surface area contributed by atoms with Crippen LogP contribution in [0, 0.1) is 5.82 Å². The highest BCUT2D eigenvalue weighted by molar-refractivity contribution is 5.93. The molecule has 29 heavy (non-hydrogen) atoms. The molecular weight excluding hydrogens is 371 g/mol. The molecule has 0 unspecified atom stereocenters. The van der Waals surface area contributed by atoms with Crippen molar-refractivity contribution in [2.75, 3.05) is 38.2 Å². The average molecular weight is 394 g/mol. The molecular formula is C22H23FN4O2. The summed E-state index contributed by atoms with van der Waals surface area (Å²) in [4.78, 5) is 16.7. The second kappa shape index (κ2) is 7.95. The molecule has 0 bridgehead atoms. The highest BCUT2D eigenvalue weighted by Gasteiger charge is 2.25. The van der Waals surface area contributed by atoms with Crippen molar-refractivity contribution in [1.29, 1.82) is 0 Å². The van der Waals surface area contributed by atoms with E-state index in [2.05, 4.69) is 5.10 Å². The van der Waals surface area contributed by atoms with E-state index in [4.69, 9.17) is 4.74 Å². The molecule has 150 valence electrons. The van der Waals surface area contributed by atoms with Gasteiger partial charge in [0.15, 0.2) is 5.69 Å². The summed E-state index contributed by atoms with van der Waals surface area (Å²) in [6.07, 6.45) is 0. The van der Waals surface area contributed by atoms with E-state index in [1.807, 2.05) is 42.3 Å². The first-order valence-electron chi connectivity index (χ1n) is 9.54. The number of methoxy groups -OCH3 is 1. The van der Waals surface area contributed by atoms with Crippen LogP contribution in [0.4, 0.5) is 10.1 Å². The smallest absolute Gasteiger partial charge is 0.274 e. The second-order valence-electron chi connectivity index (χ2n) is 7.00. The zero-order valence-electron chi connectivity index (χ0n) is 16.5. The van der Waals surface area contributed by atoms with Gasteiger partial charge in [-0.25, -0.2) is 4.39 Å². The van der Waals surface area contributed by atoms with Crippen LogP contribution < -0.4 is 9.64 Å². The first-order valence-corrected chi connectivity index (χ1v) is 9.54. The lowest BCUT2D eigenvalue weighted by Gasteiger charge is -2.35. The van der Waals surface area contributed by atoms with E-state index >= 15 is 0 Å². The number of nitrogens with zero attached hydrogens (tertiary/aromatic N) is 4. The first-order chi connectivity index (χ1) is 14.1. The molecule has 0 radical (unpaired) electrons. The number of ether oxygens (including phenoxy) is 1. The number of aromatic nitrogens is 2. The van der Waals surface area contributed by atoms with Gasteiger partial charge in [0, 0.05) is 38.8 Å². The summed E-state index contributed by atoms with van der Waals surface area (Å²) in [6, 6.07) is 16.2.